The predicted molar refractivity (Wildman–Crippen MR) is 61.9 cm³/mol. The van der Waals surface area contributed by atoms with E-state index in [1.165, 1.54) is 0 Å². The molecule has 0 heterocycles. The highest BCUT2D eigenvalue weighted by molar-refractivity contribution is 5.86. The number of amides is 1. The van der Waals surface area contributed by atoms with E-state index in [2.05, 4.69) is 5.32 Å². The first-order valence-corrected chi connectivity index (χ1v) is 5.09. The van der Waals surface area contributed by atoms with Gasteiger partial charge in [-0.15, -0.1) is 0 Å². The van der Waals surface area contributed by atoms with Crippen LogP contribution in [0.2, 0.25) is 0 Å². The Morgan fingerprint density at radius 1 is 1.24 bits per heavy atom. The van der Waals surface area contributed by atoms with E-state index in [0.29, 0.717) is 6.42 Å². The SMILES string of the molecule is N[C@H](NC(=O)[C@@H](N)Cc1ccccc1)C(=O)O. The third kappa shape index (κ3) is 4.21. The van der Waals surface area contributed by atoms with E-state index in [0.717, 1.165) is 5.56 Å². The molecule has 0 saturated heterocycles. The number of carboxylic acid groups (broad SMARTS) is 1. The van der Waals surface area contributed by atoms with Crippen LogP contribution in [0.1, 0.15) is 5.56 Å². The summed E-state index contributed by atoms with van der Waals surface area (Å²) >= 11 is 0. The van der Waals surface area contributed by atoms with Gasteiger partial charge >= 0.3 is 5.97 Å². The van der Waals surface area contributed by atoms with Gasteiger partial charge in [0.25, 0.3) is 0 Å². The number of carbonyl (C=O) groups excluding carboxylic acids is 1. The maximum atomic E-state index is 11.5. The van der Waals surface area contributed by atoms with E-state index >= 15 is 0 Å². The molecular formula is C11H15N3O3. The molecule has 92 valence electrons. The molecule has 0 fully saturated rings. The monoisotopic (exact) mass is 237 g/mol. The van der Waals surface area contributed by atoms with Crippen molar-refractivity contribution in [2.24, 2.45) is 11.5 Å². The van der Waals surface area contributed by atoms with Crippen molar-refractivity contribution in [3.63, 3.8) is 0 Å². The number of aliphatic carboxylic acids is 1. The van der Waals surface area contributed by atoms with Gasteiger partial charge in [0, 0.05) is 0 Å². The summed E-state index contributed by atoms with van der Waals surface area (Å²) in [6, 6.07) is 8.39. The lowest BCUT2D eigenvalue weighted by Crippen LogP contribution is -2.53. The lowest BCUT2D eigenvalue weighted by Gasteiger charge is -2.14. The van der Waals surface area contributed by atoms with E-state index < -0.39 is 24.1 Å². The molecule has 1 rings (SSSR count). The molecule has 0 aromatic heterocycles. The first-order valence-electron chi connectivity index (χ1n) is 5.09. The Bertz CT molecular complexity index is 394. The van der Waals surface area contributed by atoms with Crippen LogP contribution in [0, 0.1) is 0 Å². The highest BCUT2D eigenvalue weighted by Crippen LogP contribution is 2.01. The summed E-state index contributed by atoms with van der Waals surface area (Å²) in [5.74, 6) is -1.88. The van der Waals surface area contributed by atoms with Gasteiger partial charge in [0.1, 0.15) is 0 Å². The number of rotatable bonds is 5. The standard InChI is InChI=1S/C11H15N3O3/c12-8(6-7-4-2-1-3-5-7)10(15)14-9(13)11(16)17/h1-5,8-9H,6,12-13H2,(H,14,15)(H,16,17)/t8-,9+/m0/s1. The Kier molecular flexibility index (Phi) is 4.62. The summed E-state index contributed by atoms with van der Waals surface area (Å²) in [5.41, 5.74) is 11.7. The van der Waals surface area contributed by atoms with Gasteiger partial charge in [-0.1, -0.05) is 30.3 Å². The fourth-order valence-corrected chi connectivity index (χ4v) is 1.28. The Balaban J connectivity index is 2.50. The van der Waals surface area contributed by atoms with E-state index in [4.69, 9.17) is 16.6 Å². The number of hydrogen-bond acceptors (Lipinski definition) is 4. The smallest absolute Gasteiger partial charge is 0.341 e. The fourth-order valence-electron chi connectivity index (χ4n) is 1.28. The van der Waals surface area contributed by atoms with Crippen LogP contribution in [0.4, 0.5) is 0 Å². The van der Waals surface area contributed by atoms with E-state index in [9.17, 15) is 9.59 Å². The molecular weight excluding hydrogens is 222 g/mol. The second-order valence-corrected chi connectivity index (χ2v) is 3.62. The van der Waals surface area contributed by atoms with Gasteiger partial charge in [0.2, 0.25) is 5.91 Å². The highest BCUT2D eigenvalue weighted by Gasteiger charge is 2.19. The normalized spacial score (nSPS) is 13.8. The van der Waals surface area contributed by atoms with Crippen molar-refractivity contribution in [2.45, 2.75) is 18.6 Å². The highest BCUT2D eigenvalue weighted by atomic mass is 16.4. The van der Waals surface area contributed by atoms with Crippen molar-refractivity contribution >= 4 is 11.9 Å². The van der Waals surface area contributed by atoms with Crippen molar-refractivity contribution in [1.82, 2.24) is 5.32 Å². The largest absolute Gasteiger partial charge is 0.479 e. The first-order chi connectivity index (χ1) is 8.00. The summed E-state index contributed by atoms with van der Waals surface area (Å²) in [6.45, 7) is 0. The molecule has 1 aromatic rings. The maximum absolute atomic E-state index is 11.5. The minimum absolute atomic E-state index is 0.332. The molecule has 1 aromatic carbocycles. The molecule has 6 heteroatoms. The van der Waals surface area contributed by atoms with E-state index in [1.807, 2.05) is 30.3 Å². The Hall–Kier alpha value is -1.92. The molecule has 1 amide bonds. The molecule has 0 saturated carbocycles. The van der Waals surface area contributed by atoms with E-state index in [1.54, 1.807) is 0 Å². The third-order valence-electron chi connectivity index (χ3n) is 2.20. The maximum Gasteiger partial charge on any atom is 0.341 e. The van der Waals surface area contributed by atoms with Crippen molar-refractivity contribution in [2.75, 3.05) is 0 Å². The van der Waals surface area contributed by atoms with Crippen molar-refractivity contribution < 1.29 is 14.7 Å². The number of nitrogens with two attached hydrogens (primary N) is 2. The van der Waals surface area contributed by atoms with Crippen LogP contribution in [0.3, 0.4) is 0 Å². The van der Waals surface area contributed by atoms with Crippen molar-refractivity contribution in [1.29, 1.82) is 0 Å². The van der Waals surface area contributed by atoms with Crippen LogP contribution in [0.25, 0.3) is 0 Å². The predicted octanol–water partition coefficient (Wildman–Crippen LogP) is -0.958. The van der Waals surface area contributed by atoms with Crippen LogP contribution >= 0.6 is 0 Å². The van der Waals surface area contributed by atoms with E-state index in [-0.39, 0.29) is 0 Å². The zero-order chi connectivity index (χ0) is 12.8. The van der Waals surface area contributed by atoms with Crippen molar-refractivity contribution in [3.8, 4) is 0 Å². The molecule has 0 aliphatic heterocycles. The topological polar surface area (TPSA) is 118 Å². The molecule has 17 heavy (non-hydrogen) atoms. The Morgan fingerprint density at radius 2 is 1.82 bits per heavy atom. The number of benzene rings is 1. The fraction of sp³-hybridized carbons (Fsp3) is 0.273. The molecule has 6 nitrogen and oxygen atoms in total. The van der Waals surface area contributed by atoms with Gasteiger partial charge in [0.15, 0.2) is 6.17 Å². The Morgan fingerprint density at radius 3 is 2.35 bits per heavy atom. The van der Waals surface area contributed by atoms with Crippen LogP contribution in [0.5, 0.6) is 0 Å². The summed E-state index contributed by atoms with van der Waals surface area (Å²) in [5, 5.41) is 10.6. The van der Waals surface area contributed by atoms with Crippen LogP contribution in [-0.4, -0.2) is 29.2 Å². The lowest BCUT2D eigenvalue weighted by atomic mass is 10.1. The summed E-state index contributed by atoms with van der Waals surface area (Å²) in [4.78, 5) is 21.9. The quantitative estimate of drug-likeness (QED) is 0.492. The van der Waals surface area contributed by atoms with Crippen LogP contribution in [-0.2, 0) is 16.0 Å². The second-order valence-electron chi connectivity index (χ2n) is 3.62. The minimum Gasteiger partial charge on any atom is -0.479 e. The molecule has 0 aliphatic carbocycles. The van der Waals surface area contributed by atoms with Gasteiger partial charge in [-0.2, -0.15) is 0 Å². The third-order valence-corrected chi connectivity index (χ3v) is 2.20. The molecule has 0 aliphatic rings. The average molecular weight is 237 g/mol. The van der Waals surface area contributed by atoms with Crippen LogP contribution < -0.4 is 16.8 Å². The van der Waals surface area contributed by atoms with Gasteiger partial charge in [-0.25, -0.2) is 4.79 Å². The zero-order valence-electron chi connectivity index (χ0n) is 9.17. The van der Waals surface area contributed by atoms with Gasteiger partial charge in [-0.3, -0.25) is 4.79 Å². The summed E-state index contributed by atoms with van der Waals surface area (Å²) in [6.07, 6.45) is -1.09. The summed E-state index contributed by atoms with van der Waals surface area (Å²) < 4.78 is 0. The number of carboxylic acids is 1. The lowest BCUT2D eigenvalue weighted by molar-refractivity contribution is -0.141. The summed E-state index contributed by atoms with van der Waals surface area (Å²) in [7, 11) is 0. The van der Waals surface area contributed by atoms with Gasteiger partial charge < -0.3 is 21.9 Å². The molecule has 2 atom stereocenters. The number of nitrogens with one attached hydrogen (secondary N) is 1. The van der Waals surface area contributed by atoms with Gasteiger partial charge in [0.05, 0.1) is 6.04 Å². The molecule has 0 bridgehead atoms. The molecule has 6 N–H and O–H groups in total. The molecule has 0 unspecified atom stereocenters. The first kappa shape index (κ1) is 13.1. The average Bonchev–Trinajstić information content (AvgIpc) is 2.29. The zero-order valence-corrected chi connectivity index (χ0v) is 9.17. The van der Waals surface area contributed by atoms with Crippen molar-refractivity contribution in [3.05, 3.63) is 35.9 Å². The molecule has 0 radical (unpaired) electrons. The van der Waals surface area contributed by atoms with Crippen LogP contribution in [0.15, 0.2) is 30.3 Å². The molecule has 0 spiro atoms. The van der Waals surface area contributed by atoms with Gasteiger partial charge in [-0.05, 0) is 12.0 Å². The minimum atomic E-state index is -1.43. The Labute approximate surface area is 98.6 Å². The number of hydrogen-bond donors (Lipinski definition) is 4. The second kappa shape index (κ2) is 5.97. The number of carbonyl (C=O) groups is 2.